The molecule has 1 aromatic carbocycles. The molecule has 0 atom stereocenters. The van der Waals surface area contributed by atoms with Gasteiger partial charge in [0.2, 0.25) is 0 Å². The van der Waals surface area contributed by atoms with Crippen molar-refractivity contribution >= 4 is 22.6 Å². The molecular weight excluding hydrogens is 356 g/mol. The highest BCUT2D eigenvalue weighted by Gasteiger charge is 2.28. The van der Waals surface area contributed by atoms with Crippen LogP contribution < -0.4 is 16.6 Å². The van der Waals surface area contributed by atoms with Gasteiger partial charge in [-0.25, -0.2) is 9.78 Å². The summed E-state index contributed by atoms with van der Waals surface area (Å²) < 4.78 is 1.40. The third-order valence-corrected chi connectivity index (χ3v) is 5.00. The SMILES string of the molecule is CCn1c(=O)[nH]c(=O)c2c(C(=O)Nc3cc(C)cc(C)c3)cc(C3CC3)nc21. The molecule has 2 N–H and O–H groups in total. The first kappa shape index (κ1) is 18.2. The number of aromatic amines is 1. The molecule has 3 aromatic rings. The van der Waals surface area contributed by atoms with Gasteiger partial charge in [-0.1, -0.05) is 6.07 Å². The smallest absolute Gasteiger partial charge is 0.322 e. The first-order chi connectivity index (χ1) is 13.4. The van der Waals surface area contributed by atoms with Gasteiger partial charge in [-0.3, -0.25) is 19.1 Å². The lowest BCUT2D eigenvalue weighted by Gasteiger charge is -2.13. The molecule has 1 fully saturated rings. The molecule has 0 bridgehead atoms. The van der Waals surface area contributed by atoms with Crippen LogP contribution in [0.4, 0.5) is 5.69 Å². The number of nitrogens with one attached hydrogen (secondary N) is 2. The highest BCUT2D eigenvalue weighted by Crippen LogP contribution is 2.40. The van der Waals surface area contributed by atoms with Crippen LogP contribution in [0.1, 0.15) is 52.9 Å². The van der Waals surface area contributed by atoms with Gasteiger partial charge in [0.1, 0.15) is 0 Å². The van der Waals surface area contributed by atoms with E-state index < -0.39 is 11.2 Å². The summed E-state index contributed by atoms with van der Waals surface area (Å²) in [6.45, 7) is 6.08. The van der Waals surface area contributed by atoms with E-state index in [4.69, 9.17) is 0 Å². The van der Waals surface area contributed by atoms with Crippen molar-refractivity contribution in [2.24, 2.45) is 0 Å². The molecule has 7 nitrogen and oxygen atoms in total. The molecule has 0 aliphatic heterocycles. The van der Waals surface area contributed by atoms with Crippen LogP contribution >= 0.6 is 0 Å². The molecular formula is C21H22N4O3. The average molecular weight is 378 g/mol. The van der Waals surface area contributed by atoms with Crippen molar-refractivity contribution in [2.75, 3.05) is 5.32 Å². The number of carbonyl (C=O) groups excluding carboxylic acids is 1. The number of H-pyrrole nitrogens is 1. The Kier molecular flexibility index (Phi) is 4.37. The van der Waals surface area contributed by atoms with Gasteiger partial charge in [0, 0.05) is 23.8 Å². The Morgan fingerprint density at radius 1 is 1.18 bits per heavy atom. The highest BCUT2D eigenvalue weighted by molar-refractivity contribution is 6.11. The molecule has 0 unspecified atom stereocenters. The zero-order valence-electron chi connectivity index (χ0n) is 16.1. The van der Waals surface area contributed by atoms with Crippen LogP contribution in [0.2, 0.25) is 0 Å². The van der Waals surface area contributed by atoms with Crippen LogP contribution in [0.25, 0.3) is 11.0 Å². The third-order valence-electron chi connectivity index (χ3n) is 5.00. The molecule has 2 heterocycles. The average Bonchev–Trinajstić information content (AvgIpc) is 3.45. The van der Waals surface area contributed by atoms with Crippen molar-refractivity contribution in [1.82, 2.24) is 14.5 Å². The van der Waals surface area contributed by atoms with Crippen LogP contribution in [-0.2, 0) is 6.54 Å². The fourth-order valence-electron chi connectivity index (χ4n) is 3.60. The summed E-state index contributed by atoms with van der Waals surface area (Å²) in [6.07, 6.45) is 1.99. The first-order valence-corrected chi connectivity index (χ1v) is 9.44. The molecule has 0 spiro atoms. The Morgan fingerprint density at radius 2 is 1.86 bits per heavy atom. The third kappa shape index (κ3) is 3.24. The van der Waals surface area contributed by atoms with Crippen molar-refractivity contribution in [1.29, 1.82) is 0 Å². The lowest BCUT2D eigenvalue weighted by Crippen LogP contribution is -2.32. The molecule has 28 heavy (non-hydrogen) atoms. The Bertz CT molecular complexity index is 1200. The van der Waals surface area contributed by atoms with Crippen molar-refractivity contribution in [3.63, 3.8) is 0 Å². The van der Waals surface area contributed by atoms with Crippen LogP contribution in [0, 0.1) is 13.8 Å². The van der Waals surface area contributed by atoms with Crippen LogP contribution in [0.5, 0.6) is 0 Å². The summed E-state index contributed by atoms with van der Waals surface area (Å²) in [7, 11) is 0. The number of aryl methyl sites for hydroxylation is 3. The van der Waals surface area contributed by atoms with Gasteiger partial charge in [0.05, 0.1) is 10.9 Å². The van der Waals surface area contributed by atoms with Crippen molar-refractivity contribution in [2.45, 2.75) is 46.1 Å². The number of nitrogens with zero attached hydrogens (tertiary/aromatic N) is 2. The van der Waals surface area contributed by atoms with Crippen LogP contribution in [0.3, 0.4) is 0 Å². The lowest BCUT2D eigenvalue weighted by atomic mass is 10.1. The number of hydrogen-bond acceptors (Lipinski definition) is 4. The van der Waals surface area contributed by atoms with E-state index in [9.17, 15) is 14.4 Å². The van der Waals surface area contributed by atoms with Gasteiger partial charge in [0.25, 0.3) is 11.5 Å². The summed E-state index contributed by atoms with van der Waals surface area (Å²) in [6, 6.07) is 7.47. The second-order valence-corrected chi connectivity index (χ2v) is 7.40. The van der Waals surface area contributed by atoms with Crippen LogP contribution in [-0.4, -0.2) is 20.4 Å². The predicted molar refractivity (Wildman–Crippen MR) is 108 cm³/mol. The molecule has 0 radical (unpaired) electrons. The topological polar surface area (TPSA) is 96.9 Å². The molecule has 2 aromatic heterocycles. The second-order valence-electron chi connectivity index (χ2n) is 7.40. The van der Waals surface area contributed by atoms with Crippen LogP contribution in [0.15, 0.2) is 33.9 Å². The number of benzene rings is 1. The lowest BCUT2D eigenvalue weighted by molar-refractivity contribution is 0.102. The van der Waals surface area contributed by atoms with E-state index in [0.717, 1.165) is 29.7 Å². The van der Waals surface area contributed by atoms with E-state index in [1.54, 1.807) is 13.0 Å². The van der Waals surface area contributed by atoms with E-state index in [2.05, 4.69) is 15.3 Å². The van der Waals surface area contributed by atoms with E-state index in [-0.39, 0.29) is 28.4 Å². The van der Waals surface area contributed by atoms with Gasteiger partial charge in [-0.05, 0) is 62.9 Å². The van der Waals surface area contributed by atoms with E-state index in [1.807, 2.05) is 32.0 Å². The summed E-state index contributed by atoms with van der Waals surface area (Å²) in [5.74, 6) is -0.108. The fourth-order valence-corrected chi connectivity index (χ4v) is 3.60. The number of fused-ring (bicyclic) bond motifs is 1. The Hall–Kier alpha value is -3.22. The quantitative estimate of drug-likeness (QED) is 0.729. The molecule has 1 aliphatic rings. The molecule has 7 heteroatoms. The van der Waals surface area contributed by atoms with Gasteiger partial charge >= 0.3 is 5.69 Å². The number of rotatable bonds is 4. The van der Waals surface area contributed by atoms with Crippen molar-refractivity contribution < 1.29 is 4.79 Å². The largest absolute Gasteiger partial charge is 0.329 e. The van der Waals surface area contributed by atoms with Gasteiger partial charge in [-0.15, -0.1) is 0 Å². The summed E-state index contributed by atoms with van der Waals surface area (Å²) >= 11 is 0. The number of amides is 1. The molecule has 1 aliphatic carbocycles. The minimum atomic E-state index is -0.592. The number of aromatic nitrogens is 3. The summed E-state index contributed by atoms with van der Waals surface area (Å²) in [5.41, 5.74) is 2.90. The monoisotopic (exact) mass is 378 g/mol. The minimum Gasteiger partial charge on any atom is -0.322 e. The zero-order chi connectivity index (χ0) is 20.0. The molecule has 144 valence electrons. The Labute approximate surface area is 161 Å². The van der Waals surface area contributed by atoms with Gasteiger partial charge in [0.15, 0.2) is 5.65 Å². The predicted octanol–water partition coefficient (Wildman–Crippen LogP) is 2.85. The number of hydrogen-bond donors (Lipinski definition) is 2. The Balaban J connectivity index is 1.90. The second kappa shape index (κ2) is 6.74. The fraction of sp³-hybridized carbons (Fsp3) is 0.333. The minimum absolute atomic E-state index is 0.146. The van der Waals surface area contributed by atoms with Gasteiger partial charge in [-0.2, -0.15) is 0 Å². The Morgan fingerprint density at radius 3 is 2.46 bits per heavy atom. The number of anilines is 1. The van der Waals surface area contributed by atoms with E-state index in [0.29, 0.717) is 12.2 Å². The number of pyridine rings is 1. The molecule has 4 rings (SSSR count). The summed E-state index contributed by atoms with van der Waals surface area (Å²) in [5, 5.41) is 3.04. The van der Waals surface area contributed by atoms with Crippen molar-refractivity contribution in [3.05, 3.63) is 67.5 Å². The molecule has 1 amide bonds. The standard InChI is InChI=1S/C21H22N4O3/c1-4-25-18-17(20(27)24-21(25)28)15(10-16(23-18)13-5-6-13)19(26)22-14-8-11(2)7-12(3)9-14/h7-10,13H,4-6H2,1-3H3,(H,22,26)(H,24,27,28). The first-order valence-electron chi connectivity index (χ1n) is 9.44. The van der Waals surface area contributed by atoms with E-state index in [1.165, 1.54) is 4.57 Å². The van der Waals surface area contributed by atoms with Gasteiger partial charge < -0.3 is 5.32 Å². The number of carbonyl (C=O) groups is 1. The zero-order valence-corrected chi connectivity index (χ0v) is 16.1. The maximum Gasteiger partial charge on any atom is 0.329 e. The molecule has 0 saturated heterocycles. The molecule has 1 saturated carbocycles. The highest BCUT2D eigenvalue weighted by atomic mass is 16.2. The summed E-state index contributed by atoms with van der Waals surface area (Å²) in [4.78, 5) is 44.7. The van der Waals surface area contributed by atoms with E-state index >= 15 is 0 Å². The normalized spacial score (nSPS) is 13.7. The maximum absolute atomic E-state index is 13.1. The maximum atomic E-state index is 13.1. The van der Waals surface area contributed by atoms with Crippen molar-refractivity contribution in [3.8, 4) is 0 Å².